The summed E-state index contributed by atoms with van der Waals surface area (Å²) < 4.78 is 18.7. The summed E-state index contributed by atoms with van der Waals surface area (Å²) in [5.74, 6) is 0. The van der Waals surface area contributed by atoms with E-state index in [1.807, 2.05) is 10.9 Å². The first kappa shape index (κ1) is 17.6. The molecule has 1 atom stereocenters. The van der Waals surface area contributed by atoms with Crippen LogP contribution in [0.1, 0.15) is 18.7 Å². The molecule has 0 amide bonds. The van der Waals surface area contributed by atoms with E-state index in [0.717, 1.165) is 23.3 Å². The number of hydrogen-bond acceptors (Lipinski definition) is 5. The van der Waals surface area contributed by atoms with E-state index < -0.39 is 0 Å². The van der Waals surface area contributed by atoms with Crippen LogP contribution in [0.25, 0.3) is 0 Å². The minimum atomic E-state index is 0.0885. The summed E-state index contributed by atoms with van der Waals surface area (Å²) in [6, 6.07) is 0.0885. The topological polar surface area (TPSA) is 57.5 Å². The van der Waals surface area contributed by atoms with Crippen molar-refractivity contribution in [2.24, 2.45) is 0 Å². The number of methoxy groups -OCH3 is 2. The molecule has 0 radical (unpaired) electrons. The highest BCUT2D eigenvalue weighted by Gasteiger charge is 2.19. The van der Waals surface area contributed by atoms with Crippen LogP contribution in [-0.4, -0.2) is 57.0 Å². The summed E-state index contributed by atoms with van der Waals surface area (Å²) in [7, 11) is 3.36. The van der Waals surface area contributed by atoms with Gasteiger partial charge < -0.3 is 19.5 Å². The highest BCUT2D eigenvalue weighted by Crippen LogP contribution is 2.23. The lowest BCUT2D eigenvalue weighted by Crippen LogP contribution is -2.29. The molecule has 1 aromatic heterocycles. The standard InChI is InChI=1S/C13H24BrN3O3/c1-4-15-12(10-20-8-7-19-3)13-11(14)9-16-17(13)5-6-18-2/h9,12,15H,4-8,10H2,1-3H3. The third-order valence-corrected chi connectivity index (χ3v) is 3.45. The van der Waals surface area contributed by atoms with Crippen LogP contribution in [0.2, 0.25) is 0 Å². The lowest BCUT2D eigenvalue weighted by atomic mass is 10.2. The molecular weight excluding hydrogens is 326 g/mol. The second kappa shape index (κ2) is 10.3. The van der Waals surface area contributed by atoms with E-state index in [1.54, 1.807) is 14.2 Å². The molecule has 0 aliphatic carbocycles. The molecule has 116 valence electrons. The van der Waals surface area contributed by atoms with Crippen molar-refractivity contribution in [2.45, 2.75) is 19.5 Å². The average Bonchev–Trinajstić information content (AvgIpc) is 2.81. The van der Waals surface area contributed by atoms with Crippen LogP contribution in [0.5, 0.6) is 0 Å². The lowest BCUT2D eigenvalue weighted by molar-refractivity contribution is 0.0572. The second-order valence-electron chi connectivity index (χ2n) is 4.27. The highest BCUT2D eigenvalue weighted by atomic mass is 79.9. The molecule has 20 heavy (non-hydrogen) atoms. The Kier molecular flexibility index (Phi) is 9.04. The Hall–Kier alpha value is -0.470. The van der Waals surface area contributed by atoms with Gasteiger partial charge in [0.2, 0.25) is 0 Å². The van der Waals surface area contributed by atoms with Crippen LogP contribution in [0, 0.1) is 0 Å². The fourth-order valence-corrected chi connectivity index (χ4v) is 2.47. The molecule has 1 N–H and O–H groups in total. The summed E-state index contributed by atoms with van der Waals surface area (Å²) in [5.41, 5.74) is 1.08. The van der Waals surface area contributed by atoms with Crippen molar-refractivity contribution >= 4 is 15.9 Å². The van der Waals surface area contributed by atoms with Gasteiger partial charge in [-0.25, -0.2) is 0 Å². The van der Waals surface area contributed by atoms with Crippen molar-refractivity contribution in [1.82, 2.24) is 15.1 Å². The third kappa shape index (κ3) is 5.49. The molecule has 0 fully saturated rings. The van der Waals surface area contributed by atoms with E-state index in [2.05, 4.69) is 33.3 Å². The number of hydrogen-bond donors (Lipinski definition) is 1. The van der Waals surface area contributed by atoms with Gasteiger partial charge in [-0.15, -0.1) is 0 Å². The van der Waals surface area contributed by atoms with Crippen LogP contribution in [0.15, 0.2) is 10.7 Å². The molecule has 1 heterocycles. The maximum Gasteiger partial charge on any atom is 0.0741 e. The summed E-state index contributed by atoms with van der Waals surface area (Å²) in [6.45, 7) is 6.05. The SMILES string of the molecule is CCNC(COCCOC)c1c(Br)cnn1CCOC. The van der Waals surface area contributed by atoms with E-state index in [1.165, 1.54) is 0 Å². The number of nitrogens with one attached hydrogen (secondary N) is 1. The first-order valence-electron chi connectivity index (χ1n) is 6.74. The normalized spacial score (nSPS) is 12.8. The molecule has 1 unspecified atom stereocenters. The van der Waals surface area contributed by atoms with E-state index in [4.69, 9.17) is 14.2 Å². The molecule has 0 saturated carbocycles. The van der Waals surface area contributed by atoms with E-state index in [-0.39, 0.29) is 6.04 Å². The quantitative estimate of drug-likeness (QED) is 0.615. The van der Waals surface area contributed by atoms with Crippen molar-refractivity contribution < 1.29 is 14.2 Å². The fraction of sp³-hybridized carbons (Fsp3) is 0.769. The van der Waals surface area contributed by atoms with Crippen molar-refractivity contribution in [3.63, 3.8) is 0 Å². The predicted molar refractivity (Wildman–Crippen MR) is 80.9 cm³/mol. The summed E-state index contributed by atoms with van der Waals surface area (Å²) in [4.78, 5) is 0. The molecule has 7 heteroatoms. The van der Waals surface area contributed by atoms with Gasteiger partial charge >= 0.3 is 0 Å². The van der Waals surface area contributed by atoms with Gasteiger partial charge in [-0.3, -0.25) is 4.68 Å². The van der Waals surface area contributed by atoms with Crippen LogP contribution in [0.3, 0.4) is 0 Å². The zero-order chi connectivity index (χ0) is 14.8. The Labute approximate surface area is 128 Å². The Morgan fingerprint density at radius 3 is 2.70 bits per heavy atom. The highest BCUT2D eigenvalue weighted by molar-refractivity contribution is 9.10. The Morgan fingerprint density at radius 2 is 2.05 bits per heavy atom. The van der Waals surface area contributed by atoms with Gasteiger partial charge in [-0.1, -0.05) is 6.92 Å². The van der Waals surface area contributed by atoms with Crippen LogP contribution < -0.4 is 5.32 Å². The van der Waals surface area contributed by atoms with E-state index >= 15 is 0 Å². The number of likely N-dealkylation sites (N-methyl/N-ethyl adjacent to an activating group) is 1. The Morgan fingerprint density at radius 1 is 1.30 bits per heavy atom. The smallest absolute Gasteiger partial charge is 0.0741 e. The Bertz CT molecular complexity index is 374. The molecule has 1 rings (SSSR count). The van der Waals surface area contributed by atoms with Gasteiger partial charge in [0.05, 0.1) is 55.4 Å². The first-order valence-corrected chi connectivity index (χ1v) is 7.54. The third-order valence-electron chi connectivity index (χ3n) is 2.84. The zero-order valence-corrected chi connectivity index (χ0v) is 14.0. The van der Waals surface area contributed by atoms with Crippen molar-refractivity contribution in [3.05, 3.63) is 16.4 Å². The van der Waals surface area contributed by atoms with Gasteiger partial charge in [0.25, 0.3) is 0 Å². The minimum Gasteiger partial charge on any atom is -0.383 e. The molecule has 0 spiro atoms. The number of halogens is 1. The van der Waals surface area contributed by atoms with Gasteiger partial charge in [0, 0.05) is 14.2 Å². The molecule has 6 nitrogen and oxygen atoms in total. The fourth-order valence-electron chi connectivity index (χ4n) is 1.90. The maximum absolute atomic E-state index is 5.65. The molecule has 1 aromatic rings. The second-order valence-corrected chi connectivity index (χ2v) is 5.13. The zero-order valence-electron chi connectivity index (χ0n) is 12.4. The molecule has 0 aromatic carbocycles. The van der Waals surface area contributed by atoms with Gasteiger partial charge in [0.1, 0.15) is 0 Å². The minimum absolute atomic E-state index is 0.0885. The lowest BCUT2D eigenvalue weighted by Gasteiger charge is -2.20. The maximum atomic E-state index is 5.65. The number of nitrogens with zero attached hydrogens (tertiary/aromatic N) is 2. The first-order chi connectivity index (χ1) is 9.74. The Balaban J connectivity index is 2.70. The van der Waals surface area contributed by atoms with Crippen molar-refractivity contribution in [3.8, 4) is 0 Å². The average molecular weight is 350 g/mol. The molecular formula is C13H24BrN3O3. The number of aromatic nitrogens is 2. The molecule has 0 aliphatic rings. The summed E-state index contributed by atoms with van der Waals surface area (Å²) in [5, 5.41) is 7.79. The molecule has 0 bridgehead atoms. The van der Waals surface area contributed by atoms with Crippen LogP contribution in [-0.2, 0) is 20.8 Å². The van der Waals surface area contributed by atoms with Gasteiger partial charge in [-0.2, -0.15) is 5.10 Å². The molecule has 0 aliphatic heterocycles. The number of rotatable bonds is 11. The van der Waals surface area contributed by atoms with E-state index in [0.29, 0.717) is 26.4 Å². The summed E-state index contributed by atoms with van der Waals surface area (Å²) in [6.07, 6.45) is 1.81. The van der Waals surface area contributed by atoms with Gasteiger partial charge in [-0.05, 0) is 22.5 Å². The van der Waals surface area contributed by atoms with Crippen molar-refractivity contribution in [1.29, 1.82) is 0 Å². The largest absolute Gasteiger partial charge is 0.383 e. The van der Waals surface area contributed by atoms with E-state index in [9.17, 15) is 0 Å². The summed E-state index contributed by atoms with van der Waals surface area (Å²) >= 11 is 3.56. The number of ether oxygens (including phenoxy) is 3. The predicted octanol–water partition coefficient (Wildman–Crippen LogP) is 1.61. The van der Waals surface area contributed by atoms with Crippen LogP contribution in [0.4, 0.5) is 0 Å². The van der Waals surface area contributed by atoms with Crippen LogP contribution >= 0.6 is 15.9 Å². The van der Waals surface area contributed by atoms with Gasteiger partial charge in [0.15, 0.2) is 0 Å². The van der Waals surface area contributed by atoms with Crippen molar-refractivity contribution in [2.75, 3.05) is 47.2 Å². The monoisotopic (exact) mass is 349 g/mol. The molecule has 0 saturated heterocycles.